The molecule has 1 aliphatic rings. The lowest BCUT2D eigenvalue weighted by Crippen LogP contribution is -2.47. The highest BCUT2D eigenvalue weighted by atomic mass is 19.4. The maximum Gasteiger partial charge on any atom is 0.490 e. The summed E-state index contributed by atoms with van der Waals surface area (Å²) in [6.07, 6.45) is -7.32. The molecule has 13 nitrogen and oxygen atoms in total. The van der Waals surface area contributed by atoms with Crippen molar-refractivity contribution in [2.24, 2.45) is 5.73 Å². The minimum absolute atomic E-state index is 0.0328. The van der Waals surface area contributed by atoms with Gasteiger partial charge >= 0.3 is 24.3 Å². The average Bonchev–Trinajstić information content (AvgIpc) is 3.14. The Labute approximate surface area is 316 Å². The van der Waals surface area contributed by atoms with Crippen molar-refractivity contribution in [1.29, 1.82) is 0 Å². The standard InChI is InChI=1S/C33H37N5O4.2C2HF3O2/c1-4-23-22(18-37-33(40)28-14-20-10-7-8-11-21(20)17-35-28)12-9-13-26(23)38-31-24-15-29(41-5-2)30(42-6-3)16-27(24)36-19-25(31)32(34)39;2*3-2(4,5)1(6)7/h7-13,15-16,19,28,35H,4-6,14,17-18H2,1-3H3,(H2,34,39)(H,36,38)(H,37,40);2*(H,6,7)/t28-;;/m0../s1. The average molecular weight is 796 g/mol. The van der Waals surface area contributed by atoms with Gasteiger partial charge in [-0.25, -0.2) is 9.59 Å². The van der Waals surface area contributed by atoms with Crippen molar-refractivity contribution in [3.8, 4) is 11.5 Å². The highest BCUT2D eigenvalue weighted by Crippen LogP contribution is 2.38. The Bertz CT molecular complexity index is 2020. The van der Waals surface area contributed by atoms with Crippen LogP contribution in [0.5, 0.6) is 11.5 Å². The second kappa shape index (κ2) is 19.5. The molecule has 0 radical (unpaired) electrons. The fraction of sp³-hybridized carbons (Fsp3) is 0.324. The van der Waals surface area contributed by atoms with Gasteiger partial charge in [0.1, 0.15) is 0 Å². The van der Waals surface area contributed by atoms with Gasteiger partial charge in [0.05, 0.1) is 36.0 Å². The van der Waals surface area contributed by atoms with Gasteiger partial charge in [-0.1, -0.05) is 43.3 Å². The van der Waals surface area contributed by atoms with Crippen molar-refractivity contribution in [3.05, 3.63) is 88.6 Å². The van der Waals surface area contributed by atoms with E-state index in [1.165, 1.54) is 17.3 Å². The topological polar surface area (TPSA) is 202 Å². The van der Waals surface area contributed by atoms with Gasteiger partial charge in [-0.2, -0.15) is 26.3 Å². The second-order valence-electron chi connectivity index (χ2n) is 11.7. The molecule has 0 aliphatic carbocycles. The third-order valence-corrected chi connectivity index (χ3v) is 8.02. The largest absolute Gasteiger partial charge is 0.490 e. The lowest BCUT2D eigenvalue weighted by molar-refractivity contribution is -0.193. The number of carboxylic acids is 2. The maximum absolute atomic E-state index is 13.1. The number of ether oxygens (including phenoxy) is 2. The zero-order valence-corrected chi connectivity index (χ0v) is 30.2. The summed E-state index contributed by atoms with van der Waals surface area (Å²) in [4.78, 5) is 47.9. The molecule has 1 aliphatic heterocycles. The minimum Gasteiger partial charge on any atom is -0.490 e. The molecule has 3 aromatic carbocycles. The molecule has 56 heavy (non-hydrogen) atoms. The molecule has 0 saturated heterocycles. The van der Waals surface area contributed by atoms with Crippen LogP contribution in [0.3, 0.4) is 0 Å². The number of carbonyl (C=O) groups is 4. The number of anilines is 2. The maximum atomic E-state index is 13.1. The Hall–Kier alpha value is -6.11. The molecule has 5 rings (SSSR count). The predicted molar refractivity (Wildman–Crippen MR) is 192 cm³/mol. The Kier molecular flexibility index (Phi) is 15.4. The fourth-order valence-corrected chi connectivity index (χ4v) is 5.47. The van der Waals surface area contributed by atoms with Gasteiger partial charge in [0.2, 0.25) is 5.91 Å². The molecule has 4 aromatic rings. The highest BCUT2D eigenvalue weighted by molar-refractivity contribution is 6.08. The van der Waals surface area contributed by atoms with E-state index in [1.807, 2.05) is 56.3 Å². The van der Waals surface area contributed by atoms with Crippen molar-refractivity contribution >= 4 is 46.0 Å². The van der Waals surface area contributed by atoms with Crippen LogP contribution < -0.4 is 31.2 Å². The minimum atomic E-state index is -5.08. The van der Waals surface area contributed by atoms with Gasteiger partial charge in [-0.3, -0.25) is 14.6 Å². The van der Waals surface area contributed by atoms with Crippen molar-refractivity contribution in [1.82, 2.24) is 15.6 Å². The molecule has 2 heterocycles. The van der Waals surface area contributed by atoms with E-state index >= 15 is 0 Å². The molecule has 0 bridgehead atoms. The van der Waals surface area contributed by atoms with E-state index < -0.39 is 30.2 Å². The Morgan fingerprint density at radius 1 is 0.875 bits per heavy atom. The lowest BCUT2D eigenvalue weighted by atomic mass is 9.95. The molecule has 0 fully saturated rings. The number of benzene rings is 3. The van der Waals surface area contributed by atoms with E-state index in [-0.39, 0.29) is 17.5 Å². The second-order valence-corrected chi connectivity index (χ2v) is 11.7. The van der Waals surface area contributed by atoms with Gasteiger partial charge in [-0.05, 0) is 61.1 Å². The highest BCUT2D eigenvalue weighted by Gasteiger charge is 2.39. The first-order valence-electron chi connectivity index (χ1n) is 16.9. The molecule has 302 valence electrons. The number of aromatic nitrogens is 1. The molecular formula is C37H39F6N5O8. The van der Waals surface area contributed by atoms with E-state index in [4.69, 9.17) is 35.0 Å². The third-order valence-electron chi connectivity index (χ3n) is 8.02. The molecule has 0 saturated carbocycles. The zero-order valence-electron chi connectivity index (χ0n) is 30.2. The summed E-state index contributed by atoms with van der Waals surface area (Å²) >= 11 is 0. The molecule has 19 heteroatoms. The van der Waals surface area contributed by atoms with Crippen LogP contribution in [0.1, 0.15) is 53.4 Å². The number of primary amides is 1. The fourth-order valence-electron chi connectivity index (χ4n) is 5.47. The first-order chi connectivity index (χ1) is 26.3. The number of fused-ring (bicyclic) bond motifs is 2. The number of amides is 2. The van der Waals surface area contributed by atoms with Crippen molar-refractivity contribution in [3.63, 3.8) is 0 Å². The number of aliphatic carboxylic acids is 2. The summed E-state index contributed by atoms with van der Waals surface area (Å²) in [5.74, 6) is -5.00. The number of nitrogens with zero attached hydrogens (tertiary/aromatic N) is 1. The molecule has 1 aromatic heterocycles. The first-order valence-corrected chi connectivity index (χ1v) is 16.9. The monoisotopic (exact) mass is 795 g/mol. The number of hydrogen-bond donors (Lipinski definition) is 6. The van der Waals surface area contributed by atoms with E-state index in [0.29, 0.717) is 67.2 Å². The summed E-state index contributed by atoms with van der Waals surface area (Å²) in [6, 6.07) is 17.5. The Morgan fingerprint density at radius 3 is 1.98 bits per heavy atom. The Morgan fingerprint density at radius 2 is 1.45 bits per heavy atom. The number of hydrogen-bond acceptors (Lipinski definition) is 9. The van der Waals surface area contributed by atoms with Gasteiger partial charge in [0.15, 0.2) is 11.5 Å². The molecule has 7 N–H and O–H groups in total. The number of rotatable bonds is 11. The van der Waals surface area contributed by atoms with E-state index in [9.17, 15) is 35.9 Å². The van der Waals surface area contributed by atoms with E-state index in [2.05, 4.69) is 40.0 Å². The van der Waals surface area contributed by atoms with Crippen LogP contribution in [-0.2, 0) is 40.3 Å². The molecule has 2 amide bonds. The first kappa shape index (κ1) is 44.3. The predicted octanol–water partition coefficient (Wildman–Crippen LogP) is 6.03. The van der Waals surface area contributed by atoms with Gasteiger partial charge < -0.3 is 41.4 Å². The zero-order chi connectivity index (χ0) is 41.8. The molecule has 1 atom stereocenters. The van der Waals surface area contributed by atoms with Crippen molar-refractivity contribution < 1.29 is 65.2 Å². The van der Waals surface area contributed by atoms with Crippen LogP contribution in [0, 0.1) is 0 Å². The van der Waals surface area contributed by atoms with Gasteiger partial charge in [0, 0.05) is 36.4 Å². The van der Waals surface area contributed by atoms with Crippen molar-refractivity contribution in [2.45, 2.75) is 65.1 Å². The lowest BCUT2D eigenvalue weighted by Gasteiger charge is -2.25. The van der Waals surface area contributed by atoms with Crippen LogP contribution >= 0.6 is 0 Å². The van der Waals surface area contributed by atoms with Crippen LogP contribution in [0.15, 0.2) is 60.8 Å². The molecule has 0 unspecified atom stereocenters. The van der Waals surface area contributed by atoms with Crippen LogP contribution in [0.4, 0.5) is 37.7 Å². The number of pyridine rings is 1. The Balaban J connectivity index is 0.000000512. The summed E-state index contributed by atoms with van der Waals surface area (Å²) in [5.41, 5.74) is 12.5. The number of halogens is 6. The van der Waals surface area contributed by atoms with Crippen LogP contribution in [0.25, 0.3) is 10.9 Å². The summed E-state index contributed by atoms with van der Waals surface area (Å²) in [5, 5.41) is 24.9. The molecular weight excluding hydrogens is 756 g/mol. The third kappa shape index (κ3) is 11.9. The van der Waals surface area contributed by atoms with Crippen LogP contribution in [0.2, 0.25) is 0 Å². The van der Waals surface area contributed by atoms with E-state index in [0.717, 1.165) is 16.8 Å². The summed E-state index contributed by atoms with van der Waals surface area (Å²) in [6.45, 7) is 7.85. The number of carbonyl (C=O) groups excluding carboxylic acids is 2. The number of nitrogens with two attached hydrogens (primary N) is 1. The van der Waals surface area contributed by atoms with E-state index in [1.54, 1.807) is 0 Å². The smallest absolute Gasteiger partial charge is 0.490 e. The quantitative estimate of drug-likeness (QED) is 0.0968. The number of nitrogens with one attached hydrogen (secondary N) is 3. The normalized spacial score (nSPS) is 13.5. The van der Waals surface area contributed by atoms with Gasteiger partial charge in [-0.15, -0.1) is 0 Å². The number of alkyl halides is 6. The summed E-state index contributed by atoms with van der Waals surface area (Å²) in [7, 11) is 0. The number of carboxylic acid groups (broad SMARTS) is 2. The summed E-state index contributed by atoms with van der Waals surface area (Å²) < 4.78 is 75.1. The molecule has 0 spiro atoms. The van der Waals surface area contributed by atoms with Crippen LogP contribution in [-0.4, -0.2) is 70.6 Å². The SMILES string of the molecule is CCOc1cc2ncc(C(N)=O)c(Nc3cccc(CNC(=O)[C@@H]4Cc5ccccc5CN4)c3CC)c2cc1OCC.O=C(O)C(F)(F)F.O=C(O)C(F)(F)F. The van der Waals surface area contributed by atoms with Gasteiger partial charge in [0.25, 0.3) is 5.91 Å². The van der Waals surface area contributed by atoms with Crippen molar-refractivity contribution in [2.75, 3.05) is 18.5 Å².